The van der Waals surface area contributed by atoms with Crippen LogP contribution in [0.15, 0.2) is 24.3 Å². The lowest BCUT2D eigenvalue weighted by molar-refractivity contribution is -0.140. The van der Waals surface area contributed by atoms with Crippen molar-refractivity contribution in [3.05, 3.63) is 30.1 Å². The Morgan fingerprint density at radius 3 is 2.38 bits per heavy atom. The first-order valence-corrected chi connectivity index (χ1v) is 9.79. The van der Waals surface area contributed by atoms with Crippen molar-refractivity contribution >= 4 is 11.5 Å². The fourth-order valence-corrected chi connectivity index (χ4v) is 5.73. The van der Waals surface area contributed by atoms with Crippen LogP contribution in [0, 0.1) is 22.6 Å². The Hall–Kier alpha value is -1.46. The molecule has 3 aliphatic rings. The Morgan fingerprint density at radius 2 is 1.85 bits per heavy atom. The highest BCUT2D eigenvalue weighted by Gasteiger charge is 2.67. The molecule has 26 heavy (non-hydrogen) atoms. The Kier molecular flexibility index (Phi) is 4.35. The predicted octanol–water partition coefficient (Wildman–Crippen LogP) is 2.70. The molecule has 4 nitrogen and oxygen atoms in total. The van der Waals surface area contributed by atoms with Gasteiger partial charge in [0, 0.05) is 44.8 Å². The Morgan fingerprint density at radius 1 is 1.19 bits per heavy atom. The zero-order valence-corrected chi connectivity index (χ0v) is 15.7. The van der Waals surface area contributed by atoms with Crippen molar-refractivity contribution in [1.82, 2.24) is 4.90 Å². The minimum atomic E-state index is -0.588. The Labute approximate surface area is 155 Å². The quantitative estimate of drug-likeness (QED) is 0.897. The van der Waals surface area contributed by atoms with Gasteiger partial charge in [-0.15, -0.1) is 0 Å². The Balaban J connectivity index is 1.39. The maximum Gasteiger partial charge on any atom is 0.142 e. The van der Waals surface area contributed by atoms with Crippen LogP contribution in [0.2, 0.25) is 0 Å². The number of aliphatic hydroxyl groups excluding tert-OH is 1. The van der Waals surface area contributed by atoms with E-state index in [0.29, 0.717) is 18.9 Å². The molecule has 3 atom stereocenters. The molecule has 0 radical (unpaired) electrons. The molecule has 0 unspecified atom stereocenters. The van der Waals surface area contributed by atoms with Crippen molar-refractivity contribution < 1.29 is 14.3 Å². The van der Waals surface area contributed by atoms with Crippen LogP contribution < -0.4 is 4.90 Å². The summed E-state index contributed by atoms with van der Waals surface area (Å²) in [5, 5.41) is 11.1. The van der Waals surface area contributed by atoms with E-state index in [4.69, 9.17) is 0 Å². The van der Waals surface area contributed by atoms with Crippen molar-refractivity contribution in [2.24, 2.45) is 16.7 Å². The molecule has 5 heteroatoms. The number of anilines is 1. The van der Waals surface area contributed by atoms with E-state index in [9.17, 15) is 14.3 Å². The third-order valence-corrected chi connectivity index (χ3v) is 7.55. The van der Waals surface area contributed by atoms with Crippen LogP contribution in [-0.2, 0) is 4.79 Å². The highest BCUT2D eigenvalue weighted by atomic mass is 19.1. The van der Waals surface area contributed by atoms with Gasteiger partial charge in [-0.05, 0) is 48.4 Å². The van der Waals surface area contributed by atoms with Crippen LogP contribution in [0.25, 0.3) is 0 Å². The normalized spacial score (nSPS) is 32.2. The average Bonchev–Trinajstić information content (AvgIpc) is 2.99. The minimum absolute atomic E-state index is 0.0978. The van der Waals surface area contributed by atoms with Gasteiger partial charge in [0.1, 0.15) is 11.6 Å². The molecule has 2 aliphatic carbocycles. The first-order valence-electron chi connectivity index (χ1n) is 9.79. The molecule has 1 heterocycles. The maximum absolute atomic E-state index is 13.1. The lowest BCUT2D eigenvalue weighted by atomic mass is 9.65. The summed E-state index contributed by atoms with van der Waals surface area (Å²) < 4.78 is 13.1. The van der Waals surface area contributed by atoms with Crippen molar-refractivity contribution in [2.75, 3.05) is 37.6 Å². The number of benzene rings is 1. The van der Waals surface area contributed by atoms with E-state index in [0.717, 1.165) is 44.7 Å². The van der Waals surface area contributed by atoms with Gasteiger partial charge in [0.2, 0.25) is 0 Å². The smallest absolute Gasteiger partial charge is 0.142 e. The fourth-order valence-electron chi connectivity index (χ4n) is 5.73. The van der Waals surface area contributed by atoms with Crippen molar-refractivity contribution in [3.8, 4) is 0 Å². The Bertz CT molecular complexity index is 682. The molecule has 0 amide bonds. The second kappa shape index (κ2) is 6.31. The first-order chi connectivity index (χ1) is 12.3. The molecular formula is C21H29FN2O2. The number of fused-ring (bicyclic) bond motifs is 2. The summed E-state index contributed by atoms with van der Waals surface area (Å²) in [6, 6.07) is 6.62. The molecule has 0 spiro atoms. The van der Waals surface area contributed by atoms with Crippen LogP contribution in [0.3, 0.4) is 0 Å². The monoisotopic (exact) mass is 360 g/mol. The van der Waals surface area contributed by atoms with Crippen LogP contribution in [0.1, 0.15) is 33.1 Å². The number of ketones is 1. The largest absolute Gasteiger partial charge is 0.391 e. The predicted molar refractivity (Wildman–Crippen MR) is 99.6 cm³/mol. The van der Waals surface area contributed by atoms with Gasteiger partial charge in [0.05, 0.1) is 11.5 Å². The molecule has 2 bridgehead atoms. The molecule has 1 aromatic rings. The summed E-state index contributed by atoms with van der Waals surface area (Å²) in [6.45, 7) is 8.32. The van der Waals surface area contributed by atoms with Gasteiger partial charge in [-0.25, -0.2) is 4.39 Å². The highest BCUT2D eigenvalue weighted by Crippen LogP contribution is 2.65. The number of aliphatic hydroxyl groups is 1. The maximum atomic E-state index is 13.1. The van der Waals surface area contributed by atoms with Gasteiger partial charge in [0.25, 0.3) is 0 Å². The third-order valence-electron chi connectivity index (χ3n) is 7.55. The van der Waals surface area contributed by atoms with Crippen LogP contribution in [-0.4, -0.2) is 54.6 Å². The molecular weight excluding hydrogens is 331 g/mol. The second-order valence-corrected chi connectivity index (χ2v) is 8.84. The number of β-amino-alcohol motifs (C(OH)–C–C–N with tert-alkyl or cyclic N) is 1. The van der Waals surface area contributed by atoms with E-state index >= 15 is 0 Å². The van der Waals surface area contributed by atoms with Gasteiger partial charge in [0.15, 0.2) is 0 Å². The van der Waals surface area contributed by atoms with Crippen LogP contribution in [0.5, 0.6) is 0 Å². The lowest BCUT2D eigenvalue weighted by Gasteiger charge is -2.44. The zero-order chi connectivity index (χ0) is 18.5. The van der Waals surface area contributed by atoms with Gasteiger partial charge in [-0.2, -0.15) is 0 Å². The molecule has 0 aromatic heterocycles. The highest BCUT2D eigenvalue weighted by molar-refractivity contribution is 5.90. The number of hydrogen-bond donors (Lipinski definition) is 1. The summed E-state index contributed by atoms with van der Waals surface area (Å²) in [7, 11) is 0. The summed E-state index contributed by atoms with van der Waals surface area (Å²) in [4.78, 5) is 17.2. The van der Waals surface area contributed by atoms with Crippen LogP contribution >= 0.6 is 0 Å². The number of carbonyl (C=O) groups is 1. The molecule has 4 rings (SSSR count). The SMILES string of the molecule is CC1(C)[C@@H]2CC[C@@]1([C@H](O)CN1CCN(c3ccc(F)cc3)CC1)C(=O)C2. The molecule has 2 saturated carbocycles. The summed E-state index contributed by atoms with van der Waals surface area (Å²) in [5.74, 6) is 0.490. The molecule has 1 aromatic carbocycles. The van der Waals surface area contributed by atoms with Gasteiger partial charge in [-0.3, -0.25) is 9.69 Å². The second-order valence-electron chi connectivity index (χ2n) is 8.84. The number of Topliss-reactive ketones (excluding diaryl/α,β-unsaturated/α-hetero) is 1. The molecule has 3 fully saturated rings. The standard InChI is InChI=1S/C21H29FN2O2/c1-20(2)15-7-8-21(20,18(25)13-15)19(26)14-23-9-11-24(12-10-23)17-5-3-16(22)4-6-17/h3-6,15,19,26H,7-14H2,1-2H3/t15-,19-,21+/m1/s1. The van der Waals surface area contributed by atoms with E-state index in [1.807, 2.05) is 12.1 Å². The van der Waals surface area contributed by atoms with Gasteiger partial charge in [-0.1, -0.05) is 13.8 Å². The number of halogens is 1. The minimum Gasteiger partial charge on any atom is -0.391 e. The number of carbonyl (C=O) groups excluding carboxylic acids is 1. The topological polar surface area (TPSA) is 43.8 Å². The first kappa shape index (κ1) is 17.9. The molecule has 142 valence electrons. The number of piperazine rings is 1. The van der Waals surface area contributed by atoms with Crippen molar-refractivity contribution in [1.29, 1.82) is 0 Å². The van der Waals surface area contributed by atoms with Crippen LogP contribution in [0.4, 0.5) is 10.1 Å². The number of rotatable bonds is 4. The van der Waals surface area contributed by atoms with Gasteiger partial charge < -0.3 is 10.0 Å². The summed E-state index contributed by atoms with van der Waals surface area (Å²) in [6.07, 6.45) is 1.95. The average molecular weight is 360 g/mol. The number of hydrogen-bond acceptors (Lipinski definition) is 4. The van der Waals surface area contributed by atoms with Crippen molar-refractivity contribution in [3.63, 3.8) is 0 Å². The van der Waals surface area contributed by atoms with E-state index in [-0.39, 0.29) is 17.0 Å². The van der Waals surface area contributed by atoms with E-state index < -0.39 is 11.5 Å². The number of nitrogens with zero attached hydrogens (tertiary/aromatic N) is 2. The molecule has 1 N–H and O–H groups in total. The van der Waals surface area contributed by atoms with E-state index in [1.165, 1.54) is 12.1 Å². The lowest BCUT2D eigenvalue weighted by Crippen LogP contribution is -2.54. The van der Waals surface area contributed by atoms with Gasteiger partial charge >= 0.3 is 0 Å². The zero-order valence-electron chi connectivity index (χ0n) is 15.7. The van der Waals surface area contributed by atoms with E-state index in [2.05, 4.69) is 23.6 Å². The molecule has 1 aliphatic heterocycles. The third kappa shape index (κ3) is 2.59. The summed E-state index contributed by atoms with van der Waals surface area (Å²) in [5.41, 5.74) is 0.390. The fraction of sp³-hybridized carbons (Fsp3) is 0.667. The van der Waals surface area contributed by atoms with E-state index in [1.54, 1.807) is 0 Å². The summed E-state index contributed by atoms with van der Waals surface area (Å²) >= 11 is 0. The molecule has 1 saturated heterocycles. The van der Waals surface area contributed by atoms with Crippen molar-refractivity contribution in [2.45, 2.75) is 39.2 Å².